The molecule has 2 aliphatic rings. The molecule has 5 aromatic rings. The lowest BCUT2D eigenvalue weighted by Crippen LogP contribution is -2.55. The van der Waals surface area contributed by atoms with Gasteiger partial charge in [0, 0.05) is 31.1 Å². The number of aromatic nitrogens is 4. The molecule has 4 amide bonds. The number of carbonyl (C=O) groups is 4. The number of hydrogen-bond acceptors (Lipinski definition) is 8. The Balaban J connectivity index is 1.08. The molecule has 4 atom stereocenters. The maximum Gasteiger partial charge on any atom is 0.407 e. The van der Waals surface area contributed by atoms with Crippen LogP contribution in [0.25, 0.3) is 44.4 Å². The molecule has 0 bridgehead atoms. The first-order valence-corrected chi connectivity index (χ1v) is 20.9. The third-order valence-corrected chi connectivity index (χ3v) is 12.2. The number of piperidine rings is 1. The number of likely N-dealkylation sites (tertiary alicyclic amines) is 2. The van der Waals surface area contributed by atoms with Gasteiger partial charge < -0.3 is 39.9 Å². The Kier molecular flexibility index (Phi) is 12.3. The number of H-pyrrole nitrogens is 2. The Morgan fingerprint density at radius 1 is 0.733 bits per heavy atom. The highest BCUT2D eigenvalue weighted by atomic mass is 16.5. The van der Waals surface area contributed by atoms with Gasteiger partial charge in [-0.3, -0.25) is 9.59 Å². The highest BCUT2D eigenvalue weighted by molar-refractivity contribution is 6.04. The molecule has 14 heteroatoms. The fraction of sp³-hybridized carbons (Fsp3) is 0.435. The summed E-state index contributed by atoms with van der Waals surface area (Å²) in [4.78, 5) is 71.8. The van der Waals surface area contributed by atoms with Crippen molar-refractivity contribution >= 4 is 34.8 Å². The summed E-state index contributed by atoms with van der Waals surface area (Å²) < 4.78 is 9.58. The van der Waals surface area contributed by atoms with Gasteiger partial charge in [-0.05, 0) is 71.9 Å². The zero-order valence-corrected chi connectivity index (χ0v) is 35.5. The Morgan fingerprint density at radius 2 is 1.33 bits per heavy atom. The number of hydrogen-bond donors (Lipinski definition) is 4. The van der Waals surface area contributed by atoms with Gasteiger partial charge in [0.2, 0.25) is 11.8 Å². The van der Waals surface area contributed by atoms with Crippen LogP contribution in [0.2, 0.25) is 0 Å². The van der Waals surface area contributed by atoms with Crippen molar-refractivity contribution in [1.82, 2.24) is 40.4 Å². The lowest BCUT2D eigenvalue weighted by molar-refractivity contribution is -0.139. The van der Waals surface area contributed by atoms with E-state index in [1.807, 2.05) is 68.9 Å². The zero-order chi connectivity index (χ0) is 42.7. The van der Waals surface area contributed by atoms with Crippen molar-refractivity contribution < 1.29 is 28.7 Å². The number of nitrogens with one attached hydrogen (secondary N) is 4. The van der Waals surface area contributed by atoms with Gasteiger partial charge in [0.1, 0.15) is 23.7 Å². The molecule has 2 fully saturated rings. The van der Waals surface area contributed by atoms with Gasteiger partial charge in [0.15, 0.2) is 0 Å². The molecule has 316 valence electrons. The van der Waals surface area contributed by atoms with E-state index in [-0.39, 0.29) is 29.6 Å². The fourth-order valence-electron chi connectivity index (χ4n) is 8.76. The number of aromatic amines is 2. The van der Waals surface area contributed by atoms with Gasteiger partial charge in [-0.1, -0.05) is 88.4 Å². The average molecular weight is 817 g/mol. The van der Waals surface area contributed by atoms with E-state index < -0.39 is 29.8 Å². The van der Waals surface area contributed by atoms with Crippen LogP contribution in [0, 0.1) is 11.8 Å². The van der Waals surface area contributed by atoms with Crippen molar-refractivity contribution in [2.45, 2.75) is 83.8 Å². The minimum atomic E-state index is -0.721. The van der Waals surface area contributed by atoms with Crippen molar-refractivity contribution in [2.24, 2.45) is 11.8 Å². The van der Waals surface area contributed by atoms with E-state index in [4.69, 9.17) is 19.4 Å². The van der Waals surface area contributed by atoms with Gasteiger partial charge in [0.05, 0.1) is 43.5 Å². The summed E-state index contributed by atoms with van der Waals surface area (Å²) in [6, 6.07) is 19.6. The predicted molar refractivity (Wildman–Crippen MR) is 230 cm³/mol. The van der Waals surface area contributed by atoms with E-state index in [0.29, 0.717) is 25.5 Å². The zero-order valence-electron chi connectivity index (χ0n) is 35.5. The van der Waals surface area contributed by atoms with Crippen molar-refractivity contribution in [3.05, 3.63) is 84.7 Å². The van der Waals surface area contributed by atoms with E-state index >= 15 is 0 Å². The fourth-order valence-corrected chi connectivity index (χ4v) is 8.76. The van der Waals surface area contributed by atoms with Crippen molar-refractivity contribution in [3.63, 3.8) is 0 Å². The maximum absolute atomic E-state index is 13.9. The Hall–Kier alpha value is -6.18. The Bertz CT molecular complexity index is 2350. The van der Waals surface area contributed by atoms with Crippen LogP contribution in [0.1, 0.15) is 77.9 Å². The molecule has 4 N–H and O–H groups in total. The lowest BCUT2D eigenvalue weighted by Gasteiger charge is -2.37. The van der Waals surface area contributed by atoms with Crippen LogP contribution in [0.5, 0.6) is 0 Å². The molecular formula is C46H56N8O6. The largest absolute Gasteiger partial charge is 0.453 e. The normalized spacial score (nSPS) is 19.1. The van der Waals surface area contributed by atoms with Crippen molar-refractivity contribution in [2.75, 3.05) is 33.9 Å². The van der Waals surface area contributed by atoms with E-state index in [2.05, 4.69) is 69.1 Å². The maximum atomic E-state index is 13.9. The van der Waals surface area contributed by atoms with E-state index in [9.17, 15) is 19.2 Å². The third kappa shape index (κ3) is 8.32. The average Bonchev–Trinajstić information content (AvgIpc) is 4.05. The van der Waals surface area contributed by atoms with Crippen LogP contribution < -0.4 is 10.6 Å². The standard InChI is InChI=1S/C46H56N8O6/c1-27(2)38(51-44(57)59-6)41(55)53-22-10-12-31(26-53)40-47-24-36(49-40)30-17-15-29(16-18-30)32-19-20-35(34-14-9-8-13-33(32)34)37-25-48-43(50-37)46(5)21-11-23-54(46)42(56)39(28(3)4)52-45(58)60-7/h8-9,13-20,24-25,27-28,31,38-39H,10-12,21-23,26H2,1-7H3,(H,47,49)(H,48,50)(H,51,57)(H,52,58). The second-order valence-electron chi connectivity index (χ2n) is 16.8. The topological polar surface area (TPSA) is 175 Å². The molecule has 2 aromatic heterocycles. The van der Waals surface area contributed by atoms with Gasteiger partial charge in [-0.2, -0.15) is 0 Å². The summed E-state index contributed by atoms with van der Waals surface area (Å²) in [6.07, 6.45) is 5.75. The summed E-state index contributed by atoms with van der Waals surface area (Å²) in [5, 5.41) is 7.60. The number of amides is 4. The molecule has 2 saturated heterocycles. The van der Waals surface area contributed by atoms with E-state index in [0.717, 1.165) is 75.9 Å². The monoisotopic (exact) mass is 816 g/mol. The number of methoxy groups -OCH3 is 2. The first-order chi connectivity index (χ1) is 28.8. The summed E-state index contributed by atoms with van der Waals surface area (Å²) in [5.74, 6) is 1.12. The van der Waals surface area contributed by atoms with Gasteiger partial charge in [-0.25, -0.2) is 19.6 Å². The molecule has 0 aliphatic carbocycles. The smallest absolute Gasteiger partial charge is 0.407 e. The second kappa shape index (κ2) is 17.6. The van der Waals surface area contributed by atoms with E-state index in [1.54, 1.807) is 0 Å². The molecule has 2 aliphatic heterocycles. The number of fused-ring (bicyclic) bond motifs is 1. The highest BCUT2D eigenvalue weighted by Gasteiger charge is 2.46. The number of alkyl carbamates (subject to hydrolysis) is 2. The summed E-state index contributed by atoms with van der Waals surface area (Å²) in [5.41, 5.74) is 5.25. The molecule has 7 rings (SSSR count). The van der Waals surface area contributed by atoms with E-state index in [1.165, 1.54) is 14.2 Å². The van der Waals surface area contributed by atoms with Crippen molar-refractivity contribution in [3.8, 4) is 33.6 Å². The molecule has 4 unspecified atom stereocenters. The SMILES string of the molecule is COC(=O)NC(C(=O)N1CCCC(c2ncc(-c3ccc(-c4ccc(-c5cnc(C6(C)CCCN6C(=O)C(NC(=O)OC)C(C)C)[nH]5)c5ccccc45)cc3)[nH]2)C1)C(C)C. The number of carbonyl (C=O) groups excluding carboxylic acids is 4. The van der Waals surface area contributed by atoms with Gasteiger partial charge in [0.25, 0.3) is 0 Å². The molecule has 3 aromatic carbocycles. The first kappa shape index (κ1) is 42.0. The molecule has 0 spiro atoms. The van der Waals surface area contributed by atoms with Crippen LogP contribution in [0.3, 0.4) is 0 Å². The van der Waals surface area contributed by atoms with Crippen LogP contribution in [0.15, 0.2) is 73.1 Å². The van der Waals surface area contributed by atoms with Crippen LogP contribution in [0.4, 0.5) is 9.59 Å². The highest BCUT2D eigenvalue weighted by Crippen LogP contribution is 2.41. The van der Waals surface area contributed by atoms with Crippen molar-refractivity contribution in [1.29, 1.82) is 0 Å². The third-order valence-electron chi connectivity index (χ3n) is 12.2. The minimum Gasteiger partial charge on any atom is -0.453 e. The molecule has 60 heavy (non-hydrogen) atoms. The number of imidazole rings is 2. The number of rotatable bonds is 11. The van der Waals surface area contributed by atoms with Crippen LogP contribution >= 0.6 is 0 Å². The quantitative estimate of drug-likeness (QED) is 0.106. The lowest BCUT2D eigenvalue weighted by atomic mass is 9.93. The minimum absolute atomic E-state index is 0.0486. The second-order valence-corrected chi connectivity index (χ2v) is 16.8. The molecule has 4 heterocycles. The number of benzene rings is 3. The molecular weight excluding hydrogens is 761 g/mol. The summed E-state index contributed by atoms with van der Waals surface area (Å²) >= 11 is 0. The summed E-state index contributed by atoms with van der Waals surface area (Å²) in [6.45, 7) is 11.4. The Labute approximate surface area is 350 Å². The summed E-state index contributed by atoms with van der Waals surface area (Å²) in [7, 11) is 2.59. The molecule has 0 radical (unpaired) electrons. The Morgan fingerprint density at radius 3 is 1.98 bits per heavy atom. The van der Waals surface area contributed by atoms with Gasteiger partial charge in [-0.15, -0.1) is 0 Å². The number of nitrogens with zero attached hydrogens (tertiary/aromatic N) is 4. The van der Waals surface area contributed by atoms with Crippen LogP contribution in [-0.4, -0.2) is 99.7 Å². The first-order valence-electron chi connectivity index (χ1n) is 20.9. The molecule has 14 nitrogen and oxygen atoms in total. The van der Waals surface area contributed by atoms with Gasteiger partial charge >= 0.3 is 12.2 Å². The predicted octanol–water partition coefficient (Wildman–Crippen LogP) is 7.59. The number of ether oxygens (including phenoxy) is 2. The molecule has 0 saturated carbocycles. The van der Waals surface area contributed by atoms with Crippen LogP contribution in [-0.2, 0) is 24.6 Å².